The second-order valence-corrected chi connectivity index (χ2v) is 4.35. The lowest BCUT2D eigenvalue weighted by Gasteiger charge is -2.21. The van der Waals surface area contributed by atoms with E-state index in [9.17, 15) is 9.59 Å². The van der Waals surface area contributed by atoms with Crippen LogP contribution in [0.5, 0.6) is 0 Å². The number of carbonyl (C=O) groups excluding carboxylic acids is 1. The molecule has 0 radical (unpaired) electrons. The zero-order chi connectivity index (χ0) is 13.0. The second-order valence-electron chi connectivity index (χ2n) is 4.35. The third kappa shape index (κ3) is 3.19. The van der Waals surface area contributed by atoms with E-state index < -0.39 is 5.97 Å². The van der Waals surface area contributed by atoms with Crippen molar-refractivity contribution >= 4 is 5.97 Å². The molecule has 1 aliphatic heterocycles. The number of hydrogen-bond acceptors (Lipinski definition) is 5. The normalized spacial score (nSPS) is 19.7. The van der Waals surface area contributed by atoms with Crippen LogP contribution in [0.25, 0.3) is 0 Å². The Labute approximate surface area is 104 Å². The fraction of sp³-hybridized carbons (Fsp3) is 0.727. The lowest BCUT2D eigenvalue weighted by Crippen LogP contribution is -2.30. The van der Waals surface area contributed by atoms with Gasteiger partial charge in [0.15, 0.2) is 0 Å². The van der Waals surface area contributed by atoms with Crippen molar-refractivity contribution in [1.82, 2.24) is 14.3 Å². The fourth-order valence-electron chi connectivity index (χ4n) is 1.82. The minimum absolute atomic E-state index is 0.0110. The van der Waals surface area contributed by atoms with Crippen molar-refractivity contribution in [3.63, 3.8) is 0 Å². The minimum Gasteiger partial charge on any atom is -0.462 e. The summed E-state index contributed by atoms with van der Waals surface area (Å²) in [5, 5.41) is 3.79. The number of aromatic nitrogens is 3. The SMILES string of the molecule is Cn1cnn(CC(=O)OCC2CCCCO2)c1=O. The van der Waals surface area contributed by atoms with Crippen LogP contribution in [-0.2, 0) is 27.9 Å². The summed E-state index contributed by atoms with van der Waals surface area (Å²) in [4.78, 5) is 23.0. The van der Waals surface area contributed by atoms with E-state index >= 15 is 0 Å². The summed E-state index contributed by atoms with van der Waals surface area (Å²) in [6.07, 6.45) is 4.43. The molecule has 1 aliphatic rings. The monoisotopic (exact) mass is 255 g/mol. The molecule has 7 nitrogen and oxygen atoms in total. The zero-order valence-corrected chi connectivity index (χ0v) is 10.4. The van der Waals surface area contributed by atoms with Crippen LogP contribution in [-0.4, -0.2) is 39.6 Å². The predicted octanol–water partition coefficient (Wildman–Crippen LogP) is -0.306. The third-order valence-electron chi connectivity index (χ3n) is 2.87. The Morgan fingerprint density at radius 1 is 1.61 bits per heavy atom. The number of hydrogen-bond donors (Lipinski definition) is 0. The summed E-state index contributed by atoms with van der Waals surface area (Å²) in [6, 6.07) is 0. The Kier molecular flexibility index (Phi) is 4.14. The molecule has 0 aliphatic carbocycles. The molecule has 0 saturated carbocycles. The summed E-state index contributed by atoms with van der Waals surface area (Å²) in [6.45, 7) is 0.814. The highest BCUT2D eigenvalue weighted by atomic mass is 16.6. The molecule has 1 aromatic heterocycles. The van der Waals surface area contributed by atoms with Gasteiger partial charge in [0.1, 0.15) is 19.5 Å². The predicted molar refractivity (Wildman–Crippen MR) is 62.0 cm³/mol. The van der Waals surface area contributed by atoms with Crippen LogP contribution in [0.15, 0.2) is 11.1 Å². The Hall–Kier alpha value is -1.63. The van der Waals surface area contributed by atoms with Crippen LogP contribution >= 0.6 is 0 Å². The van der Waals surface area contributed by atoms with Gasteiger partial charge in [-0.25, -0.2) is 9.48 Å². The molecule has 0 spiro atoms. The molecule has 0 N–H and O–H groups in total. The molecule has 18 heavy (non-hydrogen) atoms. The molecular weight excluding hydrogens is 238 g/mol. The first-order valence-corrected chi connectivity index (χ1v) is 6.02. The first-order valence-electron chi connectivity index (χ1n) is 6.02. The molecule has 100 valence electrons. The van der Waals surface area contributed by atoms with E-state index in [2.05, 4.69) is 5.10 Å². The molecule has 1 aromatic rings. The number of esters is 1. The molecule has 0 aromatic carbocycles. The van der Waals surface area contributed by atoms with Crippen molar-refractivity contribution in [2.24, 2.45) is 7.05 Å². The van der Waals surface area contributed by atoms with Crippen LogP contribution in [0, 0.1) is 0 Å². The van der Waals surface area contributed by atoms with E-state index in [0.717, 1.165) is 30.6 Å². The Bertz CT molecular complexity index is 459. The molecular formula is C11H17N3O4. The van der Waals surface area contributed by atoms with E-state index in [0.29, 0.717) is 0 Å². The Morgan fingerprint density at radius 3 is 3.06 bits per heavy atom. The van der Waals surface area contributed by atoms with Gasteiger partial charge >= 0.3 is 11.7 Å². The van der Waals surface area contributed by atoms with E-state index in [-0.39, 0.29) is 24.9 Å². The smallest absolute Gasteiger partial charge is 0.345 e. The highest BCUT2D eigenvalue weighted by Gasteiger charge is 2.16. The lowest BCUT2D eigenvalue weighted by atomic mass is 10.1. The van der Waals surface area contributed by atoms with Crippen molar-refractivity contribution in [3.8, 4) is 0 Å². The quantitative estimate of drug-likeness (QED) is 0.690. The third-order valence-corrected chi connectivity index (χ3v) is 2.87. The summed E-state index contributed by atoms with van der Waals surface area (Å²) in [7, 11) is 1.58. The van der Waals surface area contributed by atoms with Gasteiger partial charge in [0.2, 0.25) is 0 Å². The number of aryl methyl sites for hydroxylation is 1. The van der Waals surface area contributed by atoms with Gasteiger partial charge in [0.05, 0.1) is 6.10 Å². The van der Waals surface area contributed by atoms with E-state index in [4.69, 9.17) is 9.47 Å². The number of carbonyl (C=O) groups is 1. The van der Waals surface area contributed by atoms with Gasteiger partial charge in [0, 0.05) is 13.7 Å². The molecule has 0 amide bonds. The van der Waals surface area contributed by atoms with Gasteiger partial charge in [-0.2, -0.15) is 5.10 Å². The van der Waals surface area contributed by atoms with Crippen LogP contribution in [0.3, 0.4) is 0 Å². The average Bonchev–Trinajstić information content (AvgIpc) is 2.70. The average molecular weight is 255 g/mol. The zero-order valence-electron chi connectivity index (χ0n) is 10.4. The number of rotatable bonds is 4. The Balaban J connectivity index is 1.78. The van der Waals surface area contributed by atoms with Crippen molar-refractivity contribution in [1.29, 1.82) is 0 Å². The molecule has 1 saturated heterocycles. The maximum Gasteiger partial charge on any atom is 0.345 e. The highest BCUT2D eigenvalue weighted by molar-refractivity contribution is 5.68. The van der Waals surface area contributed by atoms with Gasteiger partial charge < -0.3 is 9.47 Å². The maximum absolute atomic E-state index is 11.5. The van der Waals surface area contributed by atoms with Crippen LogP contribution in [0.4, 0.5) is 0 Å². The molecule has 2 heterocycles. The summed E-state index contributed by atoms with van der Waals surface area (Å²) >= 11 is 0. The van der Waals surface area contributed by atoms with E-state index in [1.165, 1.54) is 10.9 Å². The summed E-state index contributed by atoms with van der Waals surface area (Å²) in [5.74, 6) is -0.468. The Morgan fingerprint density at radius 2 is 2.44 bits per heavy atom. The summed E-state index contributed by atoms with van der Waals surface area (Å²) in [5.41, 5.74) is -0.333. The molecule has 1 unspecified atom stereocenters. The van der Waals surface area contributed by atoms with E-state index in [1.54, 1.807) is 7.05 Å². The van der Waals surface area contributed by atoms with Crippen LogP contribution in [0.1, 0.15) is 19.3 Å². The van der Waals surface area contributed by atoms with E-state index in [1.807, 2.05) is 0 Å². The molecule has 1 fully saturated rings. The molecule has 7 heteroatoms. The standard InChI is InChI=1S/C11H17N3O4/c1-13-8-12-14(11(13)16)6-10(15)18-7-9-4-2-3-5-17-9/h8-9H,2-7H2,1H3. The van der Waals surface area contributed by atoms with Crippen molar-refractivity contribution < 1.29 is 14.3 Å². The summed E-state index contributed by atoms with van der Waals surface area (Å²) < 4.78 is 12.9. The van der Waals surface area contributed by atoms with Gasteiger partial charge in [0.25, 0.3) is 0 Å². The molecule has 1 atom stereocenters. The van der Waals surface area contributed by atoms with Crippen molar-refractivity contribution in [2.75, 3.05) is 13.2 Å². The van der Waals surface area contributed by atoms with Crippen LogP contribution < -0.4 is 5.69 Å². The highest BCUT2D eigenvalue weighted by Crippen LogP contribution is 2.12. The van der Waals surface area contributed by atoms with Gasteiger partial charge in [-0.05, 0) is 19.3 Å². The first kappa shape index (κ1) is 12.8. The van der Waals surface area contributed by atoms with Crippen LogP contribution in [0.2, 0.25) is 0 Å². The van der Waals surface area contributed by atoms with Gasteiger partial charge in [-0.1, -0.05) is 0 Å². The van der Waals surface area contributed by atoms with Crippen molar-refractivity contribution in [3.05, 3.63) is 16.8 Å². The second kappa shape index (κ2) is 5.81. The molecule has 0 bridgehead atoms. The number of ether oxygens (including phenoxy) is 2. The van der Waals surface area contributed by atoms with Crippen molar-refractivity contribution in [2.45, 2.75) is 31.9 Å². The molecule has 2 rings (SSSR count). The lowest BCUT2D eigenvalue weighted by molar-refractivity contribution is -0.150. The maximum atomic E-state index is 11.5. The first-order chi connectivity index (χ1) is 8.66. The fourth-order valence-corrected chi connectivity index (χ4v) is 1.82. The largest absolute Gasteiger partial charge is 0.462 e. The topological polar surface area (TPSA) is 75.3 Å². The van der Waals surface area contributed by atoms with Gasteiger partial charge in [-0.3, -0.25) is 9.36 Å². The van der Waals surface area contributed by atoms with Gasteiger partial charge in [-0.15, -0.1) is 0 Å². The number of nitrogens with zero attached hydrogens (tertiary/aromatic N) is 3. The minimum atomic E-state index is -0.468.